The second-order valence-corrected chi connectivity index (χ2v) is 5.06. The first-order valence-electron chi connectivity index (χ1n) is 3.56. The molecule has 0 aliphatic carbocycles. The number of carbonyl (C=O) groups excluding carboxylic acids is 1. The van der Waals surface area contributed by atoms with Crippen molar-refractivity contribution in [2.24, 2.45) is 0 Å². The van der Waals surface area contributed by atoms with E-state index in [-0.39, 0.29) is 5.48 Å². The monoisotopic (exact) mass is 228 g/mol. The summed E-state index contributed by atoms with van der Waals surface area (Å²) in [6.07, 6.45) is -1.52. The van der Waals surface area contributed by atoms with Gasteiger partial charge in [0.1, 0.15) is 6.10 Å². The highest BCUT2D eigenvalue weighted by molar-refractivity contribution is 6.92. The molecule has 0 rings (SSSR count). The summed E-state index contributed by atoms with van der Waals surface area (Å²) in [5, 5.41) is 16.8. The number of hydrogen-bond donors (Lipinski definition) is 2. The number of aliphatic hydroxyl groups excluding tert-OH is 2. The maximum atomic E-state index is 11.4. The maximum Gasteiger partial charge on any atom is 0.576 e. The molecule has 0 radical (unpaired) electrons. The largest absolute Gasteiger partial charge is 0.576 e. The Kier molecular flexibility index (Phi) is 8.05. The smallest absolute Gasteiger partial charge is 0.412 e. The van der Waals surface area contributed by atoms with E-state index in [1.807, 2.05) is 0 Å². The first-order valence-corrected chi connectivity index (χ1v) is 5.29. The SMILES string of the molecule is CO[Si](OC)(OC)C(=O)C(O)CO.O. The summed E-state index contributed by atoms with van der Waals surface area (Å²) >= 11 is 0. The lowest BCUT2D eigenvalue weighted by Gasteiger charge is -2.23. The molecule has 0 aromatic heterocycles. The Morgan fingerprint density at radius 1 is 1.29 bits per heavy atom. The van der Waals surface area contributed by atoms with E-state index in [9.17, 15) is 4.79 Å². The van der Waals surface area contributed by atoms with Gasteiger partial charge in [0.05, 0.1) is 6.61 Å². The van der Waals surface area contributed by atoms with Crippen LogP contribution in [0.25, 0.3) is 0 Å². The Hall–Kier alpha value is -0.353. The van der Waals surface area contributed by atoms with E-state index in [0.717, 1.165) is 0 Å². The van der Waals surface area contributed by atoms with Gasteiger partial charge in [0.25, 0.3) is 0 Å². The van der Waals surface area contributed by atoms with Crippen molar-refractivity contribution >= 4 is 14.2 Å². The molecule has 0 saturated heterocycles. The molecule has 0 spiro atoms. The van der Waals surface area contributed by atoms with E-state index < -0.39 is 26.9 Å². The highest BCUT2D eigenvalue weighted by Gasteiger charge is 2.50. The van der Waals surface area contributed by atoms with Crippen LogP contribution in [0.4, 0.5) is 0 Å². The van der Waals surface area contributed by atoms with Crippen molar-refractivity contribution in [3.05, 3.63) is 0 Å². The Morgan fingerprint density at radius 2 is 1.64 bits per heavy atom. The van der Waals surface area contributed by atoms with Crippen LogP contribution in [-0.2, 0) is 18.1 Å². The highest BCUT2D eigenvalue weighted by atomic mass is 28.4. The van der Waals surface area contributed by atoms with Crippen molar-refractivity contribution in [2.75, 3.05) is 27.9 Å². The zero-order valence-corrected chi connectivity index (χ0v) is 9.31. The lowest BCUT2D eigenvalue weighted by atomic mass is 10.4. The standard InChI is InChI=1S/C6H14O6Si.H2O/c1-10-13(11-2,12-3)6(9)5(8)4-7;/h5,7-8H,4H2,1-3H3;1H2. The van der Waals surface area contributed by atoms with Crippen molar-refractivity contribution in [2.45, 2.75) is 6.10 Å². The van der Waals surface area contributed by atoms with Gasteiger partial charge in [0.15, 0.2) is 0 Å². The molecule has 14 heavy (non-hydrogen) atoms. The molecule has 0 fully saturated rings. The topological polar surface area (TPSA) is 117 Å². The number of aliphatic hydroxyl groups is 2. The number of rotatable bonds is 6. The van der Waals surface area contributed by atoms with Gasteiger partial charge in [0, 0.05) is 21.3 Å². The fourth-order valence-corrected chi connectivity index (χ4v) is 2.44. The van der Waals surface area contributed by atoms with Crippen LogP contribution in [0.5, 0.6) is 0 Å². The van der Waals surface area contributed by atoms with Gasteiger partial charge < -0.3 is 29.0 Å². The maximum absolute atomic E-state index is 11.4. The van der Waals surface area contributed by atoms with Crippen LogP contribution in [0.3, 0.4) is 0 Å². The zero-order chi connectivity index (χ0) is 10.5. The van der Waals surface area contributed by atoms with E-state index in [0.29, 0.717) is 0 Å². The zero-order valence-electron chi connectivity index (χ0n) is 8.31. The van der Waals surface area contributed by atoms with Gasteiger partial charge >= 0.3 is 8.80 Å². The van der Waals surface area contributed by atoms with Gasteiger partial charge in [-0.15, -0.1) is 0 Å². The predicted molar refractivity (Wildman–Crippen MR) is 48.5 cm³/mol. The van der Waals surface area contributed by atoms with E-state index in [4.69, 9.17) is 23.5 Å². The molecule has 8 heteroatoms. The molecule has 0 aromatic rings. The predicted octanol–water partition coefficient (Wildman–Crippen LogP) is -2.50. The molecule has 1 atom stereocenters. The van der Waals surface area contributed by atoms with Crippen molar-refractivity contribution in [3.8, 4) is 0 Å². The Balaban J connectivity index is 0. The minimum atomic E-state index is -3.45. The Labute approximate surface area is 82.9 Å². The normalized spacial score (nSPS) is 13.2. The molecule has 0 amide bonds. The lowest BCUT2D eigenvalue weighted by Crippen LogP contribution is -2.56. The summed E-state index contributed by atoms with van der Waals surface area (Å²) in [5.74, 6) is 0. The minimum absolute atomic E-state index is 0. The van der Waals surface area contributed by atoms with Gasteiger partial charge in [-0.1, -0.05) is 0 Å². The highest BCUT2D eigenvalue weighted by Crippen LogP contribution is 2.09. The average Bonchev–Trinajstić information content (AvgIpc) is 2.20. The van der Waals surface area contributed by atoms with Crippen LogP contribution in [0, 0.1) is 0 Å². The number of hydrogen-bond acceptors (Lipinski definition) is 6. The van der Waals surface area contributed by atoms with Crippen LogP contribution in [-0.4, -0.2) is 63.9 Å². The molecule has 0 aliphatic rings. The average molecular weight is 228 g/mol. The molecule has 0 aliphatic heterocycles. The van der Waals surface area contributed by atoms with Gasteiger partial charge in [0.2, 0.25) is 5.41 Å². The fourth-order valence-electron chi connectivity index (χ4n) is 0.839. The second-order valence-electron chi connectivity index (χ2n) is 2.23. The van der Waals surface area contributed by atoms with Gasteiger partial charge in [-0.25, -0.2) is 0 Å². The summed E-state index contributed by atoms with van der Waals surface area (Å²) < 4.78 is 14.4. The summed E-state index contributed by atoms with van der Waals surface area (Å²) in [5.41, 5.74) is 0. The molecular formula is C6H16O7Si. The summed E-state index contributed by atoms with van der Waals surface area (Å²) in [7, 11) is 0.300. The Bertz CT molecular complexity index is 161. The first kappa shape index (κ1) is 16.1. The molecule has 0 bridgehead atoms. The molecule has 1 unspecified atom stereocenters. The third-order valence-electron chi connectivity index (χ3n) is 1.58. The quantitative estimate of drug-likeness (QED) is 0.485. The molecule has 4 N–H and O–H groups in total. The molecule has 0 heterocycles. The molecule has 0 saturated carbocycles. The van der Waals surface area contributed by atoms with Gasteiger partial charge in [-0.2, -0.15) is 0 Å². The molecule has 0 aromatic carbocycles. The second kappa shape index (κ2) is 7.01. The Morgan fingerprint density at radius 3 is 1.86 bits per heavy atom. The first-order chi connectivity index (χ1) is 6.07. The van der Waals surface area contributed by atoms with Crippen LogP contribution in [0.1, 0.15) is 0 Å². The minimum Gasteiger partial charge on any atom is -0.412 e. The van der Waals surface area contributed by atoms with E-state index in [1.54, 1.807) is 0 Å². The van der Waals surface area contributed by atoms with E-state index in [1.165, 1.54) is 21.3 Å². The molecular weight excluding hydrogens is 212 g/mol. The van der Waals surface area contributed by atoms with Crippen LogP contribution in [0.15, 0.2) is 0 Å². The van der Waals surface area contributed by atoms with Gasteiger partial charge in [-0.3, -0.25) is 4.79 Å². The number of carbonyl (C=O) groups is 1. The molecule has 7 nitrogen and oxygen atoms in total. The van der Waals surface area contributed by atoms with Crippen molar-refractivity contribution in [3.63, 3.8) is 0 Å². The molecule has 86 valence electrons. The summed E-state index contributed by atoms with van der Waals surface area (Å²) in [4.78, 5) is 11.4. The van der Waals surface area contributed by atoms with Crippen molar-refractivity contribution in [1.29, 1.82) is 0 Å². The van der Waals surface area contributed by atoms with Gasteiger partial charge in [-0.05, 0) is 0 Å². The van der Waals surface area contributed by atoms with Crippen molar-refractivity contribution < 1.29 is 33.8 Å². The van der Waals surface area contributed by atoms with Crippen LogP contribution >= 0.6 is 0 Å². The fraction of sp³-hybridized carbons (Fsp3) is 0.833. The summed E-state index contributed by atoms with van der Waals surface area (Å²) in [6, 6.07) is 0. The lowest BCUT2D eigenvalue weighted by molar-refractivity contribution is -0.127. The van der Waals surface area contributed by atoms with Crippen molar-refractivity contribution in [1.82, 2.24) is 0 Å². The third-order valence-corrected chi connectivity index (χ3v) is 4.13. The van der Waals surface area contributed by atoms with Crippen LogP contribution in [0.2, 0.25) is 0 Å². The van der Waals surface area contributed by atoms with E-state index >= 15 is 0 Å². The van der Waals surface area contributed by atoms with E-state index in [2.05, 4.69) is 0 Å². The third kappa shape index (κ3) is 3.10. The summed E-state index contributed by atoms with van der Waals surface area (Å²) in [6.45, 7) is -0.677. The van der Waals surface area contributed by atoms with Crippen LogP contribution < -0.4 is 0 Å².